The fourth-order valence-electron chi connectivity index (χ4n) is 1.39. The van der Waals surface area contributed by atoms with E-state index in [1.165, 1.54) is 0 Å². The van der Waals surface area contributed by atoms with Gasteiger partial charge in [0.05, 0.1) is 12.1 Å². The van der Waals surface area contributed by atoms with Crippen molar-refractivity contribution in [3.63, 3.8) is 0 Å². The molecule has 1 amide bonds. The Hall–Kier alpha value is -0.610. The highest BCUT2D eigenvalue weighted by Gasteiger charge is 2.31. The summed E-state index contributed by atoms with van der Waals surface area (Å²) in [5, 5.41) is 9.42. The molecule has 0 aliphatic carbocycles. The maximum atomic E-state index is 10.3. The van der Waals surface area contributed by atoms with Gasteiger partial charge in [-0.15, -0.1) is 0 Å². The van der Waals surface area contributed by atoms with Crippen LogP contribution in [0, 0.1) is 0 Å². The van der Waals surface area contributed by atoms with E-state index in [4.69, 9.17) is 0 Å². The van der Waals surface area contributed by atoms with Crippen molar-refractivity contribution in [1.82, 2.24) is 9.80 Å². The maximum absolute atomic E-state index is 10.3. The number of rotatable bonds is 2. The zero-order valence-electron chi connectivity index (χ0n) is 6.90. The molecule has 2 atom stereocenters. The molecule has 0 bridgehead atoms. The Balaban J connectivity index is 2.51. The van der Waals surface area contributed by atoms with Gasteiger partial charge in [-0.2, -0.15) is 0 Å². The first-order valence-electron chi connectivity index (χ1n) is 3.69. The highest BCUT2D eigenvalue weighted by Crippen LogP contribution is 2.11. The Bertz CT molecular complexity index is 149. The summed E-state index contributed by atoms with van der Waals surface area (Å²) in [6, 6.07) is 0.0974. The van der Waals surface area contributed by atoms with Crippen molar-refractivity contribution < 1.29 is 9.90 Å². The van der Waals surface area contributed by atoms with Gasteiger partial charge in [-0.05, 0) is 14.1 Å². The zero-order valence-corrected chi connectivity index (χ0v) is 6.90. The van der Waals surface area contributed by atoms with Crippen LogP contribution in [0.4, 0.5) is 0 Å². The van der Waals surface area contributed by atoms with Crippen LogP contribution in [0.15, 0.2) is 0 Å². The fraction of sp³-hybridized carbons (Fsp3) is 0.857. The molecule has 0 aromatic heterocycles. The summed E-state index contributed by atoms with van der Waals surface area (Å²) in [6.45, 7) is 1.10. The van der Waals surface area contributed by atoms with E-state index in [1.807, 2.05) is 19.0 Å². The first-order chi connectivity index (χ1) is 5.15. The fourth-order valence-corrected chi connectivity index (χ4v) is 1.39. The van der Waals surface area contributed by atoms with Gasteiger partial charge in [0.2, 0.25) is 6.41 Å². The molecule has 2 unspecified atom stereocenters. The molecule has 1 rings (SSSR count). The van der Waals surface area contributed by atoms with Crippen LogP contribution in [0.5, 0.6) is 0 Å². The van der Waals surface area contributed by atoms with E-state index in [0.717, 1.165) is 6.41 Å². The third kappa shape index (κ3) is 1.70. The molecular weight excluding hydrogens is 144 g/mol. The van der Waals surface area contributed by atoms with Gasteiger partial charge in [-0.3, -0.25) is 4.79 Å². The average molecular weight is 158 g/mol. The van der Waals surface area contributed by atoms with Gasteiger partial charge in [0.15, 0.2) is 0 Å². The van der Waals surface area contributed by atoms with Gasteiger partial charge in [0.25, 0.3) is 0 Å². The summed E-state index contributed by atoms with van der Waals surface area (Å²) >= 11 is 0. The van der Waals surface area contributed by atoms with Crippen LogP contribution in [-0.4, -0.2) is 60.6 Å². The monoisotopic (exact) mass is 158 g/mol. The largest absolute Gasteiger partial charge is 0.390 e. The van der Waals surface area contributed by atoms with Crippen molar-refractivity contribution in [2.24, 2.45) is 0 Å². The van der Waals surface area contributed by atoms with Gasteiger partial charge in [0, 0.05) is 13.1 Å². The Kier molecular flexibility index (Phi) is 2.46. The van der Waals surface area contributed by atoms with Crippen molar-refractivity contribution in [3.8, 4) is 0 Å². The minimum absolute atomic E-state index is 0.0974. The average Bonchev–Trinajstić information content (AvgIpc) is 2.30. The molecule has 0 radical (unpaired) electrons. The predicted molar refractivity (Wildman–Crippen MR) is 41.1 cm³/mol. The molecular formula is C7H14N2O2. The van der Waals surface area contributed by atoms with Gasteiger partial charge >= 0.3 is 0 Å². The summed E-state index contributed by atoms with van der Waals surface area (Å²) in [6.07, 6.45) is 0.391. The van der Waals surface area contributed by atoms with Crippen molar-refractivity contribution in [2.45, 2.75) is 12.1 Å². The van der Waals surface area contributed by atoms with Gasteiger partial charge in [0.1, 0.15) is 0 Å². The second-order valence-electron chi connectivity index (χ2n) is 3.16. The summed E-state index contributed by atoms with van der Waals surface area (Å²) in [5.74, 6) is 0. The second kappa shape index (κ2) is 3.19. The summed E-state index contributed by atoms with van der Waals surface area (Å²) < 4.78 is 0. The Morgan fingerprint density at radius 2 is 2.18 bits per heavy atom. The summed E-state index contributed by atoms with van der Waals surface area (Å²) in [4.78, 5) is 13.8. The predicted octanol–water partition coefficient (Wildman–Crippen LogP) is -1.25. The highest BCUT2D eigenvalue weighted by molar-refractivity contribution is 5.48. The normalized spacial score (nSPS) is 31.5. The lowest BCUT2D eigenvalue weighted by Gasteiger charge is -2.20. The summed E-state index contributed by atoms with van der Waals surface area (Å²) in [7, 11) is 3.81. The summed E-state index contributed by atoms with van der Waals surface area (Å²) in [5.41, 5.74) is 0. The number of likely N-dealkylation sites (tertiary alicyclic amines) is 1. The molecule has 64 valence electrons. The lowest BCUT2D eigenvalue weighted by molar-refractivity contribution is -0.117. The number of aliphatic hydroxyl groups is 1. The van der Waals surface area contributed by atoms with E-state index in [2.05, 4.69) is 0 Å². The third-order valence-corrected chi connectivity index (χ3v) is 2.10. The number of nitrogens with zero attached hydrogens (tertiary/aromatic N) is 2. The second-order valence-corrected chi connectivity index (χ2v) is 3.16. The Labute approximate surface area is 66.4 Å². The molecule has 1 saturated heterocycles. The quantitative estimate of drug-likeness (QED) is 0.511. The molecule has 1 aliphatic heterocycles. The van der Waals surface area contributed by atoms with Crippen molar-refractivity contribution >= 4 is 6.41 Å². The van der Waals surface area contributed by atoms with Crippen molar-refractivity contribution in [1.29, 1.82) is 0 Å². The van der Waals surface area contributed by atoms with E-state index in [9.17, 15) is 9.90 Å². The first-order valence-corrected chi connectivity index (χ1v) is 3.69. The van der Waals surface area contributed by atoms with Gasteiger partial charge in [-0.1, -0.05) is 0 Å². The molecule has 1 aliphatic rings. The molecule has 1 heterocycles. The highest BCUT2D eigenvalue weighted by atomic mass is 16.3. The molecule has 1 N–H and O–H groups in total. The molecule has 0 aromatic carbocycles. The number of carbonyl (C=O) groups excluding carboxylic acids is 1. The number of amides is 1. The number of β-amino-alcohol motifs (C(OH)–C–C–N with tert-alkyl or cyclic N) is 1. The molecule has 0 aromatic rings. The maximum Gasteiger partial charge on any atom is 0.209 e. The van der Waals surface area contributed by atoms with Crippen molar-refractivity contribution in [3.05, 3.63) is 0 Å². The van der Waals surface area contributed by atoms with Crippen molar-refractivity contribution in [2.75, 3.05) is 27.2 Å². The van der Waals surface area contributed by atoms with Crippen LogP contribution < -0.4 is 0 Å². The van der Waals surface area contributed by atoms with Crippen LogP contribution in [0.2, 0.25) is 0 Å². The topological polar surface area (TPSA) is 43.8 Å². The van der Waals surface area contributed by atoms with E-state index < -0.39 is 6.10 Å². The Morgan fingerprint density at radius 3 is 2.45 bits per heavy atom. The standard InChI is InChI=1S/C7H14N2O2/c1-8(2)6-3-9(5-10)4-7(6)11/h5-7,11H,3-4H2,1-2H3. The molecule has 1 fully saturated rings. The molecule has 4 nitrogen and oxygen atoms in total. The lowest BCUT2D eigenvalue weighted by atomic mass is 10.2. The van der Waals surface area contributed by atoms with E-state index in [-0.39, 0.29) is 6.04 Å². The zero-order chi connectivity index (χ0) is 8.43. The van der Waals surface area contributed by atoms with E-state index in [1.54, 1.807) is 4.90 Å². The third-order valence-electron chi connectivity index (χ3n) is 2.10. The molecule has 0 spiro atoms. The number of aliphatic hydroxyl groups excluding tert-OH is 1. The smallest absolute Gasteiger partial charge is 0.209 e. The van der Waals surface area contributed by atoms with Crippen LogP contribution in [0.3, 0.4) is 0 Å². The van der Waals surface area contributed by atoms with Gasteiger partial charge in [-0.25, -0.2) is 0 Å². The molecule has 0 saturated carbocycles. The van der Waals surface area contributed by atoms with E-state index in [0.29, 0.717) is 13.1 Å². The SMILES string of the molecule is CN(C)C1CN(C=O)CC1O. The molecule has 4 heteroatoms. The molecule has 11 heavy (non-hydrogen) atoms. The van der Waals surface area contributed by atoms with E-state index >= 15 is 0 Å². The first kappa shape index (κ1) is 8.49. The van der Waals surface area contributed by atoms with Crippen LogP contribution in [-0.2, 0) is 4.79 Å². The number of likely N-dealkylation sites (N-methyl/N-ethyl adjacent to an activating group) is 1. The van der Waals surface area contributed by atoms with Gasteiger partial charge < -0.3 is 14.9 Å². The number of hydrogen-bond donors (Lipinski definition) is 1. The number of hydrogen-bond acceptors (Lipinski definition) is 3. The van der Waals surface area contributed by atoms with Crippen LogP contribution in [0.25, 0.3) is 0 Å². The van der Waals surface area contributed by atoms with Crippen LogP contribution >= 0.6 is 0 Å². The van der Waals surface area contributed by atoms with Crippen LogP contribution in [0.1, 0.15) is 0 Å². The minimum atomic E-state index is -0.393. The Morgan fingerprint density at radius 1 is 1.55 bits per heavy atom. The minimum Gasteiger partial charge on any atom is -0.390 e. The number of carbonyl (C=O) groups is 1. The lowest BCUT2D eigenvalue weighted by Crippen LogP contribution is -2.37.